The number of nitrogens with zero attached hydrogens (tertiary/aromatic N) is 3. The molecule has 0 unspecified atom stereocenters. The molecule has 0 aliphatic rings. The highest BCUT2D eigenvalue weighted by molar-refractivity contribution is 7.80. The minimum atomic E-state index is 0.266. The van der Waals surface area contributed by atoms with E-state index in [0.717, 1.165) is 11.4 Å². The summed E-state index contributed by atoms with van der Waals surface area (Å²) in [5, 5.41) is 0. The van der Waals surface area contributed by atoms with E-state index in [1.165, 1.54) is 0 Å². The molecule has 0 bridgehead atoms. The van der Waals surface area contributed by atoms with Crippen molar-refractivity contribution in [1.29, 1.82) is 0 Å². The van der Waals surface area contributed by atoms with Gasteiger partial charge in [0.25, 0.3) is 0 Å². The highest BCUT2D eigenvalue weighted by atomic mass is 32.1. The molecule has 5 heteroatoms. The lowest BCUT2D eigenvalue weighted by Crippen LogP contribution is -2.16. The zero-order chi connectivity index (χ0) is 10.8. The normalized spacial score (nSPS) is 10.2. The molecule has 2 N–H and O–H groups in total. The van der Waals surface area contributed by atoms with E-state index in [4.69, 9.17) is 18.0 Å². The number of nitrogens with two attached hydrogens (primary N) is 1. The van der Waals surface area contributed by atoms with Crippen molar-refractivity contribution in [2.24, 2.45) is 5.73 Å². The minimum Gasteiger partial charge on any atom is -0.387 e. The van der Waals surface area contributed by atoms with E-state index >= 15 is 0 Å². The average Bonchev–Trinajstić information content (AvgIpc) is 2.67. The van der Waals surface area contributed by atoms with Crippen LogP contribution in [-0.2, 0) is 0 Å². The Morgan fingerprint density at radius 1 is 1.40 bits per heavy atom. The van der Waals surface area contributed by atoms with Crippen LogP contribution in [0.1, 0.15) is 11.4 Å². The molecule has 15 heavy (non-hydrogen) atoms. The molecule has 2 rings (SSSR count). The van der Waals surface area contributed by atoms with Crippen molar-refractivity contribution < 1.29 is 0 Å². The van der Waals surface area contributed by atoms with E-state index in [9.17, 15) is 0 Å². The molecule has 0 aliphatic carbocycles. The topological polar surface area (TPSA) is 56.7 Å². The third-order valence-electron chi connectivity index (χ3n) is 2.00. The Labute approximate surface area is 92.8 Å². The van der Waals surface area contributed by atoms with E-state index in [0.29, 0.717) is 5.82 Å². The van der Waals surface area contributed by atoms with Gasteiger partial charge in [0.2, 0.25) is 0 Å². The quantitative estimate of drug-likeness (QED) is 0.770. The maximum Gasteiger partial charge on any atom is 0.173 e. The van der Waals surface area contributed by atoms with Gasteiger partial charge < -0.3 is 5.73 Å². The van der Waals surface area contributed by atoms with E-state index in [2.05, 4.69) is 9.97 Å². The van der Waals surface area contributed by atoms with Crippen LogP contribution in [0.25, 0.3) is 5.82 Å². The van der Waals surface area contributed by atoms with Crippen molar-refractivity contribution in [1.82, 2.24) is 14.5 Å². The van der Waals surface area contributed by atoms with Crippen molar-refractivity contribution in [3.8, 4) is 5.82 Å². The van der Waals surface area contributed by atoms with Crippen LogP contribution in [-0.4, -0.2) is 19.5 Å². The first-order chi connectivity index (χ1) is 7.18. The van der Waals surface area contributed by atoms with Crippen molar-refractivity contribution in [3.63, 3.8) is 0 Å². The predicted molar refractivity (Wildman–Crippen MR) is 62.0 cm³/mol. The van der Waals surface area contributed by atoms with Gasteiger partial charge in [-0.2, -0.15) is 0 Å². The molecule has 2 heterocycles. The van der Waals surface area contributed by atoms with Crippen LogP contribution in [0, 0.1) is 6.92 Å². The minimum absolute atomic E-state index is 0.266. The molecule has 2 aromatic rings. The van der Waals surface area contributed by atoms with E-state index in [-0.39, 0.29) is 4.99 Å². The number of hydrogen-bond acceptors (Lipinski definition) is 3. The zero-order valence-electron chi connectivity index (χ0n) is 8.21. The van der Waals surface area contributed by atoms with Crippen LogP contribution in [0.15, 0.2) is 30.7 Å². The van der Waals surface area contributed by atoms with Gasteiger partial charge in [-0.25, -0.2) is 9.97 Å². The number of imidazole rings is 1. The highest BCUT2D eigenvalue weighted by Gasteiger charge is 2.07. The lowest BCUT2D eigenvalue weighted by atomic mass is 10.3. The van der Waals surface area contributed by atoms with Gasteiger partial charge >= 0.3 is 0 Å². The third-order valence-corrected chi connectivity index (χ3v) is 2.19. The second-order valence-electron chi connectivity index (χ2n) is 3.18. The SMILES string of the molecule is Cc1ccc(-n2ccnc2C(N)=S)nc1. The standard InChI is InChI=1S/C10H10N4S/c1-7-2-3-8(13-6-7)14-5-4-12-10(14)9(11)15/h2-6H,1H3,(H2,11,15). The van der Waals surface area contributed by atoms with Crippen molar-refractivity contribution >= 4 is 17.2 Å². The summed E-state index contributed by atoms with van der Waals surface area (Å²) in [5.74, 6) is 1.32. The number of pyridine rings is 1. The van der Waals surface area contributed by atoms with Gasteiger partial charge in [-0.1, -0.05) is 18.3 Å². The first-order valence-electron chi connectivity index (χ1n) is 4.44. The molecular weight excluding hydrogens is 208 g/mol. The van der Waals surface area contributed by atoms with Crippen LogP contribution in [0.2, 0.25) is 0 Å². The Morgan fingerprint density at radius 3 is 2.80 bits per heavy atom. The van der Waals surface area contributed by atoms with Crippen molar-refractivity contribution in [3.05, 3.63) is 42.1 Å². The van der Waals surface area contributed by atoms with Crippen LogP contribution < -0.4 is 5.73 Å². The fourth-order valence-corrected chi connectivity index (χ4v) is 1.42. The average molecular weight is 218 g/mol. The first-order valence-corrected chi connectivity index (χ1v) is 4.85. The monoisotopic (exact) mass is 218 g/mol. The molecule has 0 spiro atoms. The lowest BCUT2D eigenvalue weighted by Gasteiger charge is -2.05. The van der Waals surface area contributed by atoms with Gasteiger partial charge in [0.05, 0.1) is 0 Å². The molecule has 0 fully saturated rings. The predicted octanol–water partition coefficient (Wildman–Crippen LogP) is 1.21. The third kappa shape index (κ3) is 1.87. The first kappa shape index (κ1) is 9.79. The molecule has 0 aliphatic heterocycles. The number of aryl methyl sites for hydroxylation is 1. The van der Waals surface area contributed by atoms with Gasteiger partial charge in [0.1, 0.15) is 10.8 Å². The van der Waals surface area contributed by atoms with Gasteiger partial charge in [-0.3, -0.25) is 4.57 Å². The summed E-state index contributed by atoms with van der Waals surface area (Å²) in [4.78, 5) is 8.61. The van der Waals surface area contributed by atoms with Gasteiger partial charge in [0, 0.05) is 18.6 Å². The number of rotatable bonds is 2. The molecule has 4 nitrogen and oxygen atoms in total. The Bertz CT molecular complexity index is 486. The molecule has 0 atom stereocenters. The fraction of sp³-hybridized carbons (Fsp3) is 0.100. The Balaban J connectivity index is 2.49. The molecule has 0 saturated heterocycles. The lowest BCUT2D eigenvalue weighted by molar-refractivity contribution is 0.973. The van der Waals surface area contributed by atoms with Crippen LogP contribution in [0.3, 0.4) is 0 Å². The van der Waals surface area contributed by atoms with Crippen molar-refractivity contribution in [2.45, 2.75) is 6.92 Å². The smallest absolute Gasteiger partial charge is 0.173 e. The highest BCUT2D eigenvalue weighted by Crippen LogP contribution is 2.08. The number of aromatic nitrogens is 3. The second-order valence-corrected chi connectivity index (χ2v) is 3.62. The molecular formula is C10H10N4S. The van der Waals surface area contributed by atoms with E-state index in [1.54, 1.807) is 23.2 Å². The van der Waals surface area contributed by atoms with Crippen LogP contribution in [0.4, 0.5) is 0 Å². The molecule has 0 saturated carbocycles. The molecule has 2 aromatic heterocycles. The summed E-state index contributed by atoms with van der Waals surface area (Å²) in [6, 6.07) is 3.88. The summed E-state index contributed by atoms with van der Waals surface area (Å²) in [5.41, 5.74) is 6.65. The second kappa shape index (κ2) is 3.78. The summed E-state index contributed by atoms with van der Waals surface area (Å²) in [7, 11) is 0. The summed E-state index contributed by atoms with van der Waals surface area (Å²) >= 11 is 4.90. The van der Waals surface area contributed by atoms with Crippen LogP contribution in [0.5, 0.6) is 0 Å². The molecule has 0 aromatic carbocycles. The number of hydrogen-bond donors (Lipinski definition) is 1. The van der Waals surface area contributed by atoms with Crippen LogP contribution >= 0.6 is 12.2 Å². The van der Waals surface area contributed by atoms with E-state index in [1.807, 2.05) is 19.1 Å². The van der Waals surface area contributed by atoms with Gasteiger partial charge in [-0.05, 0) is 18.6 Å². The summed E-state index contributed by atoms with van der Waals surface area (Å²) in [6.07, 6.45) is 5.22. The Hall–Kier alpha value is -1.75. The number of thiocarbonyl (C=S) groups is 1. The largest absolute Gasteiger partial charge is 0.387 e. The van der Waals surface area contributed by atoms with Crippen molar-refractivity contribution in [2.75, 3.05) is 0 Å². The van der Waals surface area contributed by atoms with E-state index < -0.39 is 0 Å². The maximum atomic E-state index is 5.55. The Morgan fingerprint density at radius 2 is 2.20 bits per heavy atom. The van der Waals surface area contributed by atoms with Gasteiger partial charge in [0.15, 0.2) is 5.82 Å². The zero-order valence-corrected chi connectivity index (χ0v) is 9.03. The molecule has 76 valence electrons. The fourth-order valence-electron chi connectivity index (χ4n) is 1.27. The summed E-state index contributed by atoms with van der Waals surface area (Å²) in [6.45, 7) is 1.99. The summed E-state index contributed by atoms with van der Waals surface area (Å²) < 4.78 is 1.77. The molecule has 0 radical (unpaired) electrons. The maximum absolute atomic E-state index is 5.55. The molecule has 0 amide bonds. The van der Waals surface area contributed by atoms with Gasteiger partial charge in [-0.15, -0.1) is 0 Å². The Kier molecular flexibility index (Phi) is 2.47.